The topological polar surface area (TPSA) is 82.0 Å². The predicted molar refractivity (Wildman–Crippen MR) is 85.0 cm³/mol. The van der Waals surface area contributed by atoms with Crippen molar-refractivity contribution in [2.45, 2.75) is 26.4 Å². The summed E-state index contributed by atoms with van der Waals surface area (Å²) in [7, 11) is 1.63. The zero-order chi connectivity index (χ0) is 16.4. The van der Waals surface area contributed by atoms with Crippen LogP contribution in [0.5, 0.6) is 5.75 Å². The van der Waals surface area contributed by atoms with Gasteiger partial charge in [0.15, 0.2) is 0 Å². The summed E-state index contributed by atoms with van der Waals surface area (Å²) in [5.74, 6) is -0.0151. The molecule has 124 valence electrons. The molecule has 0 radical (unpaired) electrons. The number of aliphatic hydroxyl groups is 1. The van der Waals surface area contributed by atoms with Crippen molar-refractivity contribution >= 4 is 5.97 Å². The van der Waals surface area contributed by atoms with Gasteiger partial charge in [0.05, 0.1) is 20.1 Å². The molecule has 6 nitrogen and oxygen atoms in total. The Bertz CT molecular complexity index is 465. The average Bonchev–Trinajstić information content (AvgIpc) is 2.51. The van der Waals surface area contributed by atoms with E-state index in [9.17, 15) is 4.79 Å². The van der Waals surface area contributed by atoms with Crippen molar-refractivity contribution in [1.82, 2.24) is 10.2 Å². The van der Waals surface area contributed by atoms with Gasteiger partial charge in [0.2, 0.25) is 0 Å². The van der Waals surface area contributed by atoms with Crippen molar-refractivity contribution in [1.29, 1.82) is 0 Å². The molecule has 0 fully saturated rings. The van der Waals surface area contributed by atoms with Gasteiger partial charge in [-0.25, -0.2) is 0 Å². The molecule has 1 aromatic carbocycles. The number of nitrogens with zero attached hydrogens (tertiary/aromatic N) is 1. The summed E-state index contributed by atoms with van der Waals surface area (Å²) in [5, 5.41) is 20.7. The Hall–Kier alpha value is -1.63. The Morgan fingerprint density at radius 3 is 2.77 bits per heavy atom. The number of likely N-dealkylation sites (N-methyl/N-ethyl adjacent to an activating group) is 1. The molecule has 1 rings (SSSR count). The first-order valence-corrected chi connectivity index (χ1v) is 7.52. The number of carbonyl (C=O) groups is 1. The molecule has 0 bridgehead atoms. The SMILES string of the molecule is CCN(CCO)Cc1ccc(CNCCC(=O)O)c(OC)c1. The van der Waals surface area contributed by atoms with Gasteiger partial charge in [0, 0.05) is 31.7 Å². The second-order valence-corrected chi connectivity index (χ2v) is 5.06. The van der Waals surface area contributed by atoms with Gasteiger partial charge in [0.25, 0.3) is 0 Å². The number of hydrogen-bond acceptors (Lipinski definition) is 5. The summed E-state index contributed by atoms with van der Waals surface area (Å²) in [4.78, 5) is 12.6. The molecule has 0 heterocycles. The Kier molecular flexibility index (Phi) is 8.50. The zero-order valence-corrected chi connectivity index (χ0v) is 13.3. The third-order valence-corrected chi connectivity index (χ3v) is 3.45. The van der Waals surface area contributed by atoms with Crippen molar-refractivity contribution in [3.8, 4) is 5.75 Å². The molecule has 0 amide bonds. The van der Waals surface area contributed by atoms with Crippen molar-refractivity contribution in [3.05, 3.63) is 29.3 Å². The monoisotopic (exact) mass is 310 g/mol. The van der Waals surface area contributed by atoms with E-state index >= 15 is 0 Å². The maximum atomic E-state index is 10.5. The molecule has 0 aliphatic rings. The number of rotatable bonds is 11. The standard InChI is InChI=1S/C16H26N2O4/c1-3-18(8-9-19)12-13-4-5-14(15(10-13)22-2)11-17-7-6-16(20)21/h4-5,10,17,19H,3,6-9,11-12H2,1-2H3,(H,20,21). The predicted octanol–water partition coefficient (Wildman–Crippen LogP) is 1.07. The number of carboxylic acids is 1. The second kappa shape index (κ2) is 10.2. The van der Waals surface area contributed by atoms with Crippen LogP contribution in [0.4, 0.5) is 0 Å². The summed E-state index contributed by atoms with van der Waals surface area (Å²) in [6.45, 7) is 5.51. The van der Waals surface area contributed by atoms with Gasteiger partial charge in [-0.05, 0) is 18.2 Å². The zero-order valence-electron chi connectivity index (χ0n) is 13.3. The summed E-state index contributed by atoms with van der Waals surface area (Å²) >= 11 is 0. The molecule has 0 spiro atoms. The molecular formula is C16H26N2O4. The number of carboxylic acid groups (broad SMARTS) is 1. The molecule has 1 aromatic rings. The number of aliphatic hydroxyl groups excluding tert-OH is 1. The lowest BCUT2D eigenvalue weighted by Crippen LogP contribution is -2.26. The smallest absolute Gasteiger partial charge is 0.304 e. The van der Waals surface area contributed by atoms with E-state index in [2.05, 4.69) is 17.1 Å². The Morgan fingerprint density at radius 2 is 2.18 bits per heavy atom. The summed E-state index contributed by atoms with van der Waals surface area (Å²) in [6.07, 6.45) is 0.104. The van der Waals surface area contributed by atoms with Crippen LogP contribution in [0.25, 0.3) is 0 Å². The van der Waals surface area contributed by atoms with Gasteiger partial charge >= 0.3 is 5.97 Å². The maximum absolute atomic E-state index is 10.5. The quantitative estimate of drug-likeness (QED) is 0.531. The highest BCUT2D eigenvalue weighted by molar-refractivity contribution is 5.66. The van der Waals surface area contributed by atoms with Gasteiger partial charge in [-0.2, -0.15) is 0 Å². The first-order valence-electron chi connectivity index (χ1n) is 7.52. The van der Waals surface area contributed by atoms with Crippen molar-refractivity contribution in [2.75, 3.05) is 33.4 Å². The van der Waals surface area contributed by atoms with E-state index in [0.29, 0.717) is 19.6 Å². The number of methoxy groups -OCH3 is 1. The van der Waals surface area contributed by atoms with Crippen molar-refractivity contribution < 1.29 is 19.7 Å². The van der Waals surface area contributed by atoms with Crippen LogP contribution < -0.4 is 10.1 Å². The van der Waals surface area contributed by atoms with Crippen LogP contribution in [-0.4, -0.2) is 54.4 Å². The third-order valence-electron chi connectivity index (χ3n) is 3.45. The van der Waals surface area contributed by atoms with E-state index in [4.69, 9.17) is 14.9 Å². The number of hydrogen-bond donors (Lipinski definition) is 3. The van der Waals surface area contributed by atoms with Crippen LogP contribution in [0.1, 0.15) is 24.5 Å². The van der Waals surface area contributed by atoms with E-state index < -0.39 is 5.97 Å². The van der Waals surface area contributed by atoms with Gasteiger partial charge in [-0.3, -0.25) is 9.69 Å². The fourth-order valence-electron chi connectivity index (χ4n) is 2.20. The van der Waals surface area contributed by atoms with Gasteiger partial charge in [-0.1, -0.05) is 19.1 Å². The van der Waals surface area contributed by atoms with Crippen LogP contribution in [0.15, 0.2) is 18.2 Å². The molecule has 0 unspecified atom stereocenters. The fourth-order valence-corrected chi connectivity index (χ4v) is 2.20. The third kappa shape index (κ3) is 6.43. The van der Waals surface area contributed by atoms with Crippen molar-refractivity contribution in [3.63, 3.8) is 0 Å². The normalized spacial score (nSPS) is 10.9. The van der Waals surface area contributed by atoms with E-state index in [1.54, 1.807) is 7.11 Å². The highest BCUT2D eigenvalue weighted by atomic mass is 16.5. The molecule has 0 aliphatic heterocycles. The number of aliphatic carboxylic acids is 1. The largest absolute Gasteiger partial charge is 0.496 e. The summed E-state index contributed by atoms with van der Waals surface area (Å²) in [6, 6.07) is 6.03. The maximum Gasteiger partial charge on any atom is 0.304 e. The lowest BCUT2D eigenvalue weighted by molar-refractivity contribution is -0.136. The molecule has 0 saturated heterocycles. The first-order chi connectivity index (χ1) is 10.6. The Balaban J connectivity index is 2.63. The first kappa shape index (κ1) is 18.4. The molecule has 22 heavy (non-hydrogen) atoms. The minimum atomic E-state index is -0.807. The summed E-state index contributed by atoms with van der Waals surface area (Å²) < 4.78 is 5.42. The Labute approximate surface area is 131 Å². The number of benzene rings is 1. The molecule has 0 aromatic heterocycles. The van der Waals surface area contributed by atoms with Gasteiger partial charge in [-0.15, -0.1) is 0 Å². The van der Waals surface area contributed by atoms with Gasteiger partial charge < -0.3 is 20.3 Å². The summed E-state index contributed by atoms with van der Waals surface area (Å²) in [5.41, 5.74) is 2.13. The van der Waals surface area contributed by atoms with Crippen LogP contribution in [0.2, 0.25) is 0 Å². The minimum absolute atomic E-state index is 0.104. The Morgan fingerprint density at radius 1 is 1.41 bits per heavy atom. The van der Waals surface area contributed by atoms with E-state index in [1.165, 1.54) is 0 Å². The van der Waals surface area contributed by atoms with Crippen LogP contribution in [0.3, 0.4) is 0 Å². The number of nitrogens with one attached hydrogen (secondary N) is 1. The lowest BCUT2D eigenvalue weighted by atomic mass is 10.1. The van der Waals surface area contributed by atoms with Crippen LogP contribution >= 0.6 is 0 Å². The second-order valence-electron chi connectivity index (χ2n) is 5.06. The van der Waals surface area contributed by atoms with Gasteiger partial charge in [0.1, 0.15) is 5.75 Å². The molecule has 0 aliphatic carbocycles. The molecule has 0 atom stereocenters. The van der Waals surface area contributed by atoms with Crippen LogP contribution in [-0.2, 0) is 17.9 Å². The average molecular weight is 310 g/mol. The van der Waals surface area contributed by atoms with E-state index in [1.807, 2.05) is 18.2 Å². The van der Waals surface area contributed by atoms with Crippen molar-refractivity contribution in [2.24, 2.45) is 0 Å². The lowest BCUT2D eigenvalue weighted by Gasteiger charge is -2.20. The number of ether oxygens (including phenoxy) is 1. The molecule has 3 N–H and O–H groups in total. The molecular weight excluding hydrogens is 284 g/mol. The fraction of sp³-hybridized carbons (Fsp3) is 0.562. The molecule has 0 saturated carbocycles. The van der Waals surface area contributed by atoms with E-state index in [0.717, 1.165) is 30.0 Å². The molecule has 6 heteroatoms. The highest BCUT2D eigenvalue weighted by Gasteiger charge is 2.08. The van der Waals surface area contributed by atoms with E-state index in [-0.39, 0.29) is 13.0 Å². The highest BCUT2D eigenvalue weighted by Crippen LogP contribution is 2.21. The minimum Gasteiger partial charge on any atom is -0.496 e. The van der Waals surface area contributed by atoms with Crippen LogP contribution in [0, 0.1) is 0 Å².